The number of hydrogen-bond donors (Lipinski definition) is 3. The molecule has 10 heteroatoms. The molecule has 0 fully saturated rings. The first-order valence-corrected chi connectivity index (χ1v) is 9.09. The van der Waals surface area contributed by atoms with E-state index in [9.17, 15) is 9.59 Å². The molecule has 150 valence electrons. The smallest absolute Gasteiger partial charge is 0.262 e. The Morgan fingerprint density at radius 1 is 1.24 bits per heavy atom. The van der Waals surface area contributed by atoms with E-state index in [0.29, 0.717) is 34.4 Å². The number of nitrogens with zero attached hydrogens (tertiary/aromatic N) is 3. The highest BCUT2D eigenvalue weighted by molar-refractivity contribution is 6.30. The van der Waals surface area contributed by atoms with Crippen molar-refractivity contribution in [2.75, 3.05) is 17.7 Å². The Balaban J connectivity index is 1.97. The third-order valence-electron chi connectivity index (χ3n) is 3.99. The molecule has 5 N–H and O–H groups in total. The molecule has 1 aromatic carbocycles. The quantitative estimate of drug-likeness (QED) is 0.541. The van der Waals surface area contributed by atoms with Crippen molar-refractivity contribution >= 4 is 35.1 Å². The topological polar surface area (TPSA) is 138 Å². The molecule has 0 atom stereocenters. The van der Waals surface area contributed by atoms with Crippen LogP contribution in [0.1, 0.15) is 23.0 Å². The van der Waals surface area contributed by atoms with Gasteiger partial charge in [-0.2, -0.15) is 5.10 Å². The van der Waals surface area contributed by atoms with E-state index in [1.54, 1.807) is 36.4 Å². The van der Waals surface area contributed by atoms with Crippen LogP contribution >= 0.6 is 11.6 Å². The molecule has 0 bridgehead atoms. The SMILES string of the molecule is CCc1nn(-c2ccccc2OCC(N)=O)c(N)c1C(=O)Nc1ccc(Cl)cn1. The number of nitrogen functional groups attached to an aromatic ring is 1. The first kappa shape index (κ1) is 20.2. The lowest BCUT2D eigenvalue weighted by Gasteiger charge is -2.11. The number of nitrogens with one attached hydrogen (secondary N) is 1. The highest BCUT2D eigenvalue weighted by atomic mass is 35.5. The molecular formula is C19H19ClN6O3. The van der Waals surface area contributed by atoms with Gasteiger partial charge in [0, 0.05) is 6.20 Å². The van der Waals surface area contributed by atoms with Crippen molar-refractivity contribution in [2.24, 2.45) is 5.73 Å². The van der Waals surface area contributed by atoms with Crippen LogP contribution in [0.4, 0.5) is 11.6 Å². The number of primary amides is 1. The number of carbonyl (C=O) groups excluding carboxylic acids is 2. The number of rotatable bonds is 7. The first-order valence-electron chi connectivity index (χ1n) is 8.71. The molecule has 0 aliphatic carbocycles. The van der Waals surface area contributed by atoms with Gasteiger partial charge in [-0.05, 0) is 30.7 Å². The lowest BCUT2D eigenvalue weighted by atomic mass is 10.2. The summed E-state index contributed by atoms with van der Waals surface area (Å²) in [5.41, 5.74) is 12.6. The molecule has 3 rings (SSSR count). The van der Waals surface area contributed by atoms with Crippen LogP contribution in [-0.4, -0.2) is 33.2 Å². The van der Waals surface area contributed by atoms with Crippen molar-refractivity contribution in [3.8, 4) is 11.4 Å². The molecule has 0 aliphatic rings. The Kier molecular flexibility index (Phi) is 5.99. The minimum Gasteiger partial charge on any atom is -0.482 e. The van der Waals surface area contributed by atoms with Gasteiger partial charge < -0.3 is 21.5 Å². The van der Waals surface area contributed by atoms with Gasteiger partial charge in [-0.3, -0.25) is 9.59 Å². The van der Waals surface area contributed by atoms with Crippen LogP contribution in [0.3, 0.4) is 0 Å². The minimum absolute atomic E-state index is 0.128. The fourth-order valence-electron chi connectivity index (χ4n) is 2.69. The number of amides is 2. The fraction of sp³-hybridized carbons (Fsp3) is 0.158. The summed E-state index contributed by atoms with van der Waals surface area (Å²) in [5.74, 6) is -0.245. The normalized spacial score (nSPS) is 10.6. The Morgan fingerprint density at radius 2 is 2.00 bits per heavy atom. The zero-order valence-electron chi connectivity index (χ0n) is 15.6. The van der Waals surface area contributed by atoms with Crippen molar-refractivity contribution in [3.05, 3.63) is 58.9 Å². The average Bonchev–Trinajstić information content (AvgIpc) is 3.04. The van der Waals surface area contributed by atoms with E-state index < -0.39 is 11.8 Å². The number of para-hydroxylation sites is 2. The van der Waals surface area contributed by atoms with E-state index >= 15 is 0 Å². The number of ether oxygens (including phenoxy) is 1. The number of aryl methyl sites for hydroxylation is 1. The van der Waals surface area contributed by atoms with E-state index in [4.69, 9.17) is 27.8 Å². The van der Waals surface area contributed by atoms with Crippen LogP contribution in [0, 0.1) is 0 Å². The summed E-state index contributed by atoms with van der Waals surface area (Å²) >= 11 is 5.82. The lowest BCUT2D eigenvalue weighted by molar-refractivity contribution is -0.119. The second-order valence-electron chi connectivity index (χ2n) is 6.01. The maximum atomic E-state index is 12.8. The van der Waals surface area contributed by atoms with Gasteiger partial charge in [0.1, 0.15) is 28.6 Å². The highest BCUT2D eigenvalue weighted by Gasteiger charge is 2.23. The number of anilines is 2. The van der Waals surface area contributed by atoms with Crippen molar-refractivity contribution in [2.45, 2.75) is 13.3 Å². The average molecular weight is 415 g/mol. The third kappa shape index (κ3) is 4.46. The number of hydrogen-bond acceptors (Lipinski definition) is 6. The zero-order chi connectivity index (χ0) is 21.0. The maximum Gasteiger partial charge on any atom is 0.262 e. The van der Waals surface area contributed by atoms with E-state index in [0.717, 1.165) is 0 Å². The molecule has 2 amide bonds. The van der Waals surface area contributed by atoms with Gasteiger partial charge in [-0.15, -0.1) is 0 Å². The lowest BCUT2D eigenvalue weighted by Crippen LogP contribution is -2.20. The van der Waals surface area contributed by atoms with Crippen molar-refractivity contribution < 1.29 is 14.3 Å². The number of pyridine rings is 1. The van der Waals surface area contributed by atoms with Crippen molar-refractivity contribution in [1.29, 1.82) is 0 Å². The van der Waals surface area contributed by atoms with E-state index in [2.05, 4.69) is 15.4 Å². The zero-order valence-corrected chi connectivity index (χ0v) is 16.3. The van der Waals surface area contributed by atoms with Gasteiger partial charge in [0.25, 0.3) is 11.8 Å². The van der Waals surface area contributed by atoms with Gasteiger partial charge in [0.2, 0.25) is 0 Å². The summed E-state index contributed by atoms with van der Waals surface area (Å²) in [4.78, 5) is 27.9. The van der Waals surface area contributed by atoms with Gasteiger partial charge in [-0.1, -0.05) is 30.7 Å². The fourth-order valence-corrected chi connectivity index (χ4v) is 2.80. The number of nitrogens with two attached hydrogens (primary N) is 2. The Labute approximate surface area is 171 Å². The molecule has 0 saturated carbocycles. The molecule has 0 unspecified atom stereocenters. The number of aromatic nitrogens is 3. The largest absolute Gasteiger partial charge is 0.482 e. The summed E-state index contributed by atoms with van der Waals surface area (Å²) in [7, 11) is 0. The van der Waals surface area contributed by atoms with Gasteiger partial charge >= 0.3 is 0 Å². The molecule has 3 aromatic rings. The summed E-state index contributed by atoms with van der Waals surface area (Å²) in [6, 6.07) is 10.1. The second kappa shape index (κ2) is 8.61. The van der Waals surface area contributed by atoms with Gasteiger partial charge in [0.05, 0.1) is 10.7 Å². The monoisotopic (exact) mass is 414 g/mol. The molecule has 0 radical (unpaired) electrons. The molecule has 0 aliphatic heterocycles. The maximum absolute atomic E-state index is 12.8. The summed E-state index contributed by atoms with van der Waals surface area (Å²) in [6.07, 6.45) is 1.90. The van der Waals surface area contributed by atoms with Crippen molar-refractivity contribution in [1.82, 2.24) is 14.8 Å². The molecule has 2 heterocycles. The predicted octanol–water partition coefficient (Wildman–Crippen LogP) is 2.18. The molecule has 0 spiro atoms. The third-order valence-corrected chi connectivity index (χ3v) is 4.21. The first-order chi connectivity index (χ1) is 13.9. The molecule has 9 nitrogen and oxygen atoms in total. The van der Waals surface area contributed by atoms with Crippen LogP contribution in [0.25, 0.3) is 5.69 Å². The van der Waals surface area contributed by atoms with E-state index in [-0.39, 0.29) is 18.0 Å². The van der Waals surface area contributed by atoms with Crippen LogP contribution < -0.4 is 21.5 Å². The number of halogens is 1. The van der Waals surface area contributed by atoms with Crippen LogP contribution in [0.2, 0.25) is 5.02 Å². The number of carbonyl (C=O) groups is 2. The summed E-state index contributed by atoms with van der Waals surface area (Å²) < 4.78 is 6.85. The van der Waals surface area contributed by atoms with Gasteiger partial charge in [0.15, 0.2) is 6.61 Å². The molecule has 29 heavy (non-hydrogen) atoms. The van der Waals surface area contributed by atoms with Crippen LogP contribution in [0.5, 0.6) is 5.75 Å². The Hall–Kier alpha value is -3.59. The predicted molar refractivity (Wildman–Crippen MR) is 109 cm³/mol. The Bertz CT molecular complexity index is 1050. The number of benzene rings is 1. The molecular weight excluding hydrogens is 396 g/mol. The minimum atomic E-state index is -0.613. The summed E-state index contributed by atoms with van der Waals surface area (Å²) in [5, 5.41) is 7.60. The highest BCUT2D eigenvalue weighted by Crippen LogP contribution is 2.28. The van der Waals surface area contributed by atoms with E-state index in [1.807, 2.05) is 6.92 Å². The second-order valence-corrected chi connectivity index (χ2v) is 6.45. The Morgan fingerprint density at radius 3 is 2.66 bits per heavy atom. The van der Waals surface area contributed by atoms with Crippen LogP contribution in [-0.2, 0) is 11.2 Å². The summed E-state index contributed by atoms with van der Waals surface area (Å²) in [6.45, 7) is 1.56. The standard InChI is InChI=1S/C19H19ClN6O3/c1-2-12-17(19(28)24-16-8-7-11(20)9-23-16)18(22)26(25-12)13-5-3-4-6-14(13)29-10-15(21)27/h3-9H,2,10,22H2,1H3,(H2,21,27)(H,23,24,28). The van der Waals surface area contributed by atoms with E-state index in [1.165, 1.54) is 10.9 Å². The van der Waals surface area contributed by atoms with Gasteiger partial charge in [-0.25, -0.2) is 9.67 Å². The van der Waals surface area contributed by atoms with Crippen LogP contribution in [0.15, 0.2) is 42.6 Å². The van der Waals surface area contributed by atoms with Crippen molar-refractivity contribution in [3.63, 3.8) is 0 Å². The molecule has 2 aromatic heterocycles. The molecule has 0 saturated heterocycles.